The molecule has 0 radical (unpaired) electrons. The summed E-state index contributed by atoms with van der Waals surface area (Å²) in [6, 6.07) is 9.70. The smallest absolute Gasteiger partial charge is 0.306 e. The molecular weight excluding hydrogens is 252 g/mol. The van der Waals surface area contributed by atoms with Gasteiger partial charge in [-0.15, -0.1) is 0 Å². The first-order valence-corrected chi connectivity index (χ1v) is 7.38. The second-order valence-electron chi connectivity index (χ2n) is 5.00. The van der Waals surface area contributed by atoms with Crippen LogP contribution in [-0.2, 0) is 16.1 Å². The molecular formula is C16H26N2O2. The zero-order valence-electron chi connectivity index (χ0n) is 12.3. The number of hydrogen-bond acceptors (Lipinski definition) is 4. The molecule has 0 saturated heterocycles. The average Bonchev–Trinajstić information content (AvgIpc) is 2.48. The van der Waals surface area contributed by atoms with Gasteiger partial charge in [-0.1, -0.05) is 43.7 Å². The molecule has 4 nitrogen and oxygen atoms in total. The van der Waals surface area contributed by atoms with Gasteiger partial charge >= 0.3 is 5.97 Å². The Morgan fingerprint density at radius 2 is 2.10 bits per heavy atom. The predicted molar refractivity (Wildman–Crippen MR) is 81.2 cm³/mol. The van der Waals surface area contributed by atoms with E-state index in [0.717, 1.165) is 25.1 Å². The molecule has 1 aromatic rings. The maximum Gasteiger partial charge on any atom is 0.306 e. The zero-order chi connectivity index (χ0) is 14.6. The van der Waals surface area contributed by atoms with Crippen LogP contribution in [0.25, 0.3) is 0 Å². The summed E-state index contributed by atoms with van der Waals surface area (Å²) in [4.78, 5) is 11.6. The van der Waals surface area contributed by atoms with Crippen LogP contribution < -0.4 is 11.1 Å². The summed E-state index contributed by atoms with van der Waals surface area (Å²) in [7, 11) is 0. The minimum absolute atomic E-state index is 0.0103. The van der Waals surface area contributed by atoms with Crippen molar-refractivity contribution in [2.45, 2.75) is 45.3 Å². The molecule has 0 aliphatic carbocycles. The van der Waals surface area contributed by atoms with Crippen molar-refractivity contribution in [1.82, 2.24) is 5.32 Å². The fourth-order valence-electron chi connectivity index (χ4n) is 1.80. The van der Waals surface area contributed by atoms with Crippen LogP contribution in [0.3, 0.4) is 0 Å². The third-order valence-electron chi connectivity index (χ3n) is 3.08. The minimum Gasteiger partial charge on any atom is -0.461 e. The van der Waals surface area contributed by atoms with E-state index >= 15 is 0 Å². The van der Waals surface area contributed by atoms with Gasteiger partial charge < -0.3 is 15.8 Å². The second-order valence-corrected chi connectivity index (χ2v) is 5.00. The minimum atomic E-state index is -0.183. The molecule has 20 heavy (non-hydrogen) atoms. The molecule has 0 aliphatic rings. The van der Waals surface area contributed by atoms with Gasteiger partial charge in [0.2, 0.25) is 0 Å². The van der Waals surface area contributed by atoms with Crippen LogP contribution >= 0.6 is 0 Å². The summed E-state index contributed by atoms with van der Waals surface area (Å²) in [5.41, 5.74) is 6.95. The van der Waals surface area contributed by atoms with E-state index in [0.29, 0.717) is 19.4 Å². The Kier molecular flexibility index (Phi) is 8.67. The number of unbranched alkanes of at least 4 members (excludes halogenated alkanes) is 1. The van der Waals surface area contributed by atoms with Crippen LogP contribution in [0.15, 0.2) is 30.3 Å². The van der Waals surface area contributed by atoms with E-state index in [9.17, 15) is 4.79 Å². The average molecular weight is 278 g/mol. The standard InChI is InChI=1S/C16H26N2O2/c1-2-3-11-18-12-15(17)9-10-16(19)20-13-14-7-5-4-6-8-14/h4-8,15,18H,2-3,9-13,17H2,1H3/t15-/m0/s1. The molecule has 0 unspecified atom stereocenters. The number of ether oxygens (including phenoxy) is 1. The van der Waals surface area contributed by atoms with E-state index in [4.69, 9.17) is 10.5 Å². The molecule has 0 saturated carbocycles. The van der Waals surface area contributed by atoms with E-state index in [1.54, 1.807) is 0 Å². The summed E-state index contributed by atoms with van der Waals surface area (Å²) < 4.78 is 5.21. The van der Waals surface area contributed by atoms with Gasteiger partial charge in [0.25, 0.3) is 0 Å². The number of nitrogens with two attached hydrogens (primary N) is 1. The number of carbonyl (C=O) groups excluding carboxylic acids is 1. The van der Waals surface area contributed by atoms with Crippen molar-refractivity contribution in [1.29, 1.82) is 0 Å². The van der Waals surface area contributed by atoms with Crippen molar-refractivity contribution in [3.05, 3.63) is 35.9 Å². The zero-order valence-corrected chi connectivity index (χ0v) is 12.3. The Labute approximate surface area is 121 Å². The van der Waals surface area contributed by atoms with Gasteiger partial charge in [0.15, 0.2) is 0 Å². The molecule has 4 heteroatoms. The van der Waals surface area contributed by atoms with E-state index in [-0.39, 0.29) is 12.0 Å². The molecule has 3 N–H and O–H groups in total. The van der Waals surface area contributed by atoms with Crippen molar-refractivity contribution in [3.63, 3.8) is 0 Å². The molecule has 0 fully saturated rings. The number of nitrogens with one attached hydrogen (secondary N) is 1. The number of benzene rings is 1. The van der Waals surface area contributed by atoms with Gasteiger partial charge in [0.1, 0.15) is 6.61 Å². The molecule has 112 valence electrons. The van der Waals surface area contributed by atoms with Crippen LogP contribution in [0, 0.1) is 0 Å². The Morgan fingerprint density at radius 1 is 1.35 bits per heavy atom. The van der Waals surface area contributed by atoms with E-state index < -0.39 is 0 Å². The molecule has 0 heterocycles. The highest BCUT2D eigenvalue weighted by Crippen LogP contribution is 2.03. The largest absolute Gasteiger partial charge is 0.461 e. The van der Waals surface area contributed by atoms with Crippen LogP contribution in [0.1, 0.15) is 38.2 Å². The molecule has 0 aliphatic heterocycles. The van der Waals surface area contributed by atoms with Crippen molar-refractivity contribution < 1.29 is 9.53 Å². The van der Waals surface area contributed by atoms with Gasteiger partial charge in [-0.05, 0) is 24.9 Å². The predicted octanol–water partition coefficient (Wildman–Crippen LogP) is 2.23. The molecule has 1 atom stereocenters. The third kappa shape index (κ3) is 7.92. The molecule has 1 aromatic carbocycles. The Balaban J connectivity index is 2.07. The van der Waals surface area contributed by atoms with Crippen molar-refractivity contribution in [2.75, 3.05) is 13.1 Å². The summed E-state index contributed by atoms with van der Waals surface area (Å²) in [5.74, 6) is -0.183. The highest BCUT2D eigenvalue weighted by atomic mass is 16.5. The lowest BCUT2D eigenvalue weighted by Gasteiger charge is -2.12. The van der Waals surface area contributed by atoms with Crippen LogP contribution in [-0.4, -0.2) is 25.1 Å². The Bertz CT molecular complexity index is 368. The lowest BCUT2D eigenvalue weighted by molar-refractivity contribution is -0.145. The van der Waals surface area contributed by atoms with Crippen LogP contribution in [0.4, 0.5) is 0 Å². The topological polar surface area (TPSA) is 64.3 Å². The van der Waals surface area contributed by atoms with Gasteiger partial charge in [0, 0.05) is 19.0 Å². The molecule has 1 rings (SSSR count). The van der Waals surface area contributed by atoms with Crippen molar-refractivity contribution >= 4 is 5.97 Å². The number of carbonyl (C=O) groups is 1. The first-order chi connectivity index (χ1) is 9.72. The monoisotopic (exact) mass is 278 g/mol. The fourth-order valence-corrected chi connectivity index (χ4v) is 1.80. The summed E-state index contributed by atoms with van der Waals surface area (Å²) in [6.07, 6.45) is 3.37. The summed E-state index contributed by atoms with van der Waals surface area (Å²) in [5, 5.41) is 3.29. The van der Waals surface area contributed by atoms with Gasteiger partial charge in [-0.3, -0.25) is 4.79 Å². The SMILES string of the molecule is CCCCNC[C@@H](N)CCC(=O)OCc1ccccc1. The van der Waals surface area contributed by atoms with Gasteiger partial charge in [-0.25, -0.2) is 0 Å². The molecule has 0 aromatic heterocycles. The third-order valence-corrected chi connectivity index (χ3v) is 3.08. The molecule has 0 spiro atoms. The van der Waals surface area contributed by atoms with Gasteiger partial charge in [-0.2, -0.15) is 0 Å². The van der Waals surface area contributed by atoms with Crippen molar-refractivity contribution in [2.24, 2.45) is 5.73 Å². The van der Waals surface area contributed by atoms with E-state index in [1.807, 2.05) is 30.3 Å². The summed E-state index contributed by atoms with van der Waals surface area (Å²) in [6.45, 7) is 4.24. The van der Waals surface area contributed by atoms with E-state index in [1.165, 1.54) is 6.42 Å². The maximum atomic E-state index is 11.6. The lowest BCUT2D eigenvalue weighted by Crippen LogP contribution is -2.34. The summed E-state index contributed by atoms with van der Waals surface area (Å²) >= 11 is 0. The highest BCUT2D eigenvalue weighted by Gasteiger charge is 2.08. The normalized spacial score (nSPS) is 12.1. The molecule has 0 bridgehead atoms. The highest BCUT2D eigenvalue weighted by molar-refractivity contribution is 5.69. The van der Waals surface area contributed by atoms with Crippen LogP contribution in [0.5, 0.6) is 0 Å². The van der Waals surface area contributed by atoms with Crippen molar-refractivity contribution in [3.8, 4) is 0 Å². The maximum absolute atomic E-state index is 11.6. The lowest BCUT2D eigenvalue weighted by atomic mass is 10.1. The Hall–Kier alpha value is -1.39. The van der Waals surface area contributed by atoms with Gasteiger partial charge in [0.05, 0.1) is 0 Å². The Morgan fingerprint density at radius 3 is 2.80 bits per heavy atom. The number of esters is 1. The second kappa shape index (κ2) is 10.4. The van der Waals surface area contributed by atoms with Crippen LogP contribution in [0.2, 0.25) is 0 Å². The quantitative estimate of drug-likeness (QED) is 0.509. The first-order valence-electron chi connectivity index (χ1n) is 7.38. The number of rotatable bonds is 10. The fraction of sp³-hybridized carbons (Fsp3) is 0.562. The molecule has 0 amide bonds. The number of hydrogen-bond donors (Lipinski definition) is 2. The van der Waals surface area contributed by atoms with E-state index in [2.05, 4.69) is 12.2 Å². The first kappa shape index (κ1) is 16.7.